The number of rotatable bonds is 8. The van der Waals surface area contributed by atoms with Crippen LogP contribution in [0.4, 0.5) is 11.6 Å². The normalized spacial score (nSPS) is 22.6. The molecule has 0 saturated carbocycles. The molecule has 2 atom stereocenters. The van der Waals surface area contributed by atoms with Crippen molar-refractivity contribution in [2.24, 2.45) is 0 Å². The number of carbonyl (C=O) groups excluding carboxylic acids is 2. The number of nitrogens with zero attached hydrogens (tertiary/aromatic N) is 4. The Balaban J connectivity index is 1.28. The zero-order chi connectivity index (χ0) is 29.2. The van der Waals surface area contributed by atoms with E-state index < -0.39 is 9.74 Å². The van der Waals surface area contributed by atoms with E-state index in [2.05, 4.69) is 21.0 Å². The van der Waals surface area contributed by atoms with Crippen LogP contribution >= 0.6 is 23.5 Å². The van der Waals surface area contributed by atoms with Crippen molar-refractivity contribution in [3.63, 3.8) is 0 Å². The van der Waals surface area contributed by atoms with Gasteiger partial charge in [0.05, 0.1) is 11.5 Å². The third-order valence-corrected chi connectivity index (χ3v) is 9.84. The van der Waals surface area contributed by atoms with Gasteiger partial charge in [-0.3, -0.25) is 20.4 Å². The predicted octanol–water partition coefficient (Wildman–Crippen LogP) is 6.29. The van der Waals surface area contributed by atoms with E-state index >= 15 is 0 Å². The average Bonchev–Trinajstić information content (AvgIpc) is 3.47. The topological polar surface area (TPSA) is 90.5 Å². The second-order valence-corrected chi connectivity index (χ2v) is 13.1. The van der Waals surface area contributed by atoms with Crippen molar-refractivity contribution in [2.45, 2.75) is 23.6 Å². The van der Waals surface area contributed by atoms with Crippen LogP contribution in [-0.4, -0.2) is 53.3 Å². The van der Waals surface area contributed by atoms with Crippen molar-refractivity contribution >= 4 is 69.9 Å². The summed E-state index contributed by atoms with van der Waals surface area (Å²) in [4.78, 5) is 24.8. The lowest BCUT2D eigenvalue weighted by atomic mass is 10.1. The molecule has 2 saturated heterocycles. The molecule has 2 fully saturated rings. The van der Waals surface area contributed by atoms with Crippen LogP contribution < -0.4 is 10.9 Å². The summed E-state index contributed by atoms with van der Waals surface area (Å²) >= 11 is 3.09. The lowest BCUT2D eigenvalue weighted by molar-refractivity contribution is -0.128. The van der Waals surface area contributed by atoms with Gasteiger partial charge in [0.25, 0.3) is 11.8 Å². The second-order valence-electron chi connectivity index (χ2n) is 10.3. The summed E-state index contributed by atoms with van der Waals surface area (Å²) in [5.74, 6) is 1.51. The summed E-state index contributed by atoms with van der Waals surface area (Å²) in [5.41, 5.74) is 8.63. The van der Waals surface area contributed by atoms with Crippen molar-refractivity contribution in [2.75, 3.05) is 22.4 Å². The molecule has 2 aliphatic rings. The summed E-state index contributed by atoms with van der Waals surface area (Å²) in [6, 6.07) is 27.7. The van der Waals surface area contributed by atoms with Gasteiger partial charge in [-0.2, -0.15) is 0 Å². The first kappa shape index (κ1) is 27.9. The highest BCUT2D eigenvalue weighted by molar-refractivity contribution is 8.02. The molecule has 3 aromatic carbocycles. The molecular formula is C32H30N6O2S2. The van der Waals surface area contributed by atoms with Crippen LogP contribution in [0.1, 0.15) is 25.0 Å². The van der Waals surface area contributed by atoms with Crippen LogP contribution in [0.5, 0.6) is 0 Å². The molecule has 4 aromatic rings. The monoisotopic (exact) mass is 594 g/mol. The third-order valence-electron chi connectivity index (χ3n) is 7.25. The summed E-state index contributed by atoms with van der Waals surface area (Å²) < 4.78 is 0. The van der Waals surface area contributed by atoms with Gasteiger partial charge in [0.2, 0.25) is 0 Å². The number of carbonyl (C=O) groups is 2. The van der Waals surface area contributed by atoms with Crippen LogP contribution in [0.25, 0.3) is 22.9 Å². The van der Waals surface area contributed by atoms with Gasteiger partial charge >= 0.3 is 0 Å². The molecule has 0 aliphatic carbocycles. The number of nitrogens with one attached hydrogen (secondary N) is 2. The predicted molar refractivity (Wildman–Crippen MR) is 173 cm³/mol. The lowest BCUT2D eigenvalue weighted by Gasteiger charge is -2.33. The zero-order valence-corrected chi connectivity index (χ0v) is 24.9. The Hall–Kier alpha value is -4.28. The van der Waals surface area contributed by atoms with Gasteiger partial charge in [0.1, 0.15) is 9.74 Å². The number of benzene rings is 3. The molecule has 212 valence electrons. The highest BCUT2D eigenvalue weighted by Gasteiger charge is 2.43. The molecular weight excluding hydrogens is 565 g/mol. The largest absolute Gasteiger partial charge is 0.276 e. The van der Waals surface area contributed by atoms with Crippen molar-refractivity contribution in [1.82, 2.24) is 20.2 Å². The van der Waals surface area contributed by atoms with Gasteiger partial charge in [0.15, 0.2) is 11.6 Å². The lowest BCUT2D eigenvalue weighted by Crippen LogP contribution is -2.45. The molecule has 2 amide bonds. The maximum absolute atomic E-state index is 13.0. The number of fused-ring (bicyclic) bond motifs is 1. The Bertz CT molecular complexity index is 1560. The quantitative estimate of drug-likeness (QED) is 0.246. The van der Waals surface area contributed by atoms with Crippen molar-refractivity contribution in [3.05, 3.63) is 108 Å². The Morgan fingerprint density at radius 1 is 0.643 bits per heavy atom. The van der Waals surface area contributed by atoms with Gasteiger partial charge in [-0.05, 0) is 37.1 Å². The van der Waals surface area contributed by atoms with Crippen LogP contribution in [0.15, 0.2) is 97.1 Å². The summed E-state index contributed by atoms with van der Waals surface area (Å²) in [5, 5.41) is 13.7. The minimum absolute atomic E-state index is 0.0473. The Kier molecular flexibility index (Phi) is 7.66. The van der Waals surface area contributed by atoms with E-state index in [1.54, 1.807) is 33.5 Å². The van der Waals surface area contributed by atoms with Crippen molar-refractivity contribution in [3.8, 4) is 0 Å². The molecule has 6 rings (SSSR count). The SMILES string of the molecule is CC1(/C=C/c2ccccc2)SCC(=O)N1Nc1nnc(NN2C(=O)CSC2(C)/C=C/c2ccccc2)c2ccccc12. The van der Waals surface area contributed by atoms with Crippen LogP contribution in [-0.2, 0) is 9.59 Å². The Morgan fingerprint density at radius 2 is 1.02 bits per heavy atom. The summed E-state index contributed by atoms with van der Waals surface area (Å²) in [6.07, 6.45) is 8.09. The summed E-state index contributed by atoms with van der Waals surface area (Å²) in [6.45, 7) is 4.00. The fourth-order valence-corrected chi connectivity index (χ4v) is 6.84. The number of amides is 2. The Morgan fingerprint density at radius 3 is 1.43 bits per heavy atom. The Labute approximate surface area is 253 Å². The van der Waals surface area contributed by atoms with Gasteiger partial charge in [-0.1, -0.05) is 97.1 Å². The molecule has 0 bridgehead atoms. The molecule has 1 aromatic heterocycles. The molecule has 8 nitrogen and oxygen atoms in total. The maximum Gasteiger partial charge on any atom is 0.252 e. The fraction of sp³-hybridized carbons (Fsp3) is 0.188. The van der Waals surface area contributed by atoms with E-state index in [0.717, 1.165) is 21.9 Å². The van der Waals surface area contributed by atoms with Gasteiger partial charge in [-0.15, -0.1) is 33.7 Å². The second kappa shape index (κ2) is 11.5. The first-order valence-corrected chi connectivity index (χ1v) is 15.5. The number of anilines is 2. The highest BCUT2D eigenvalue weighted by Crippen LogP contribution is 2.41. The number of hydrogen-bond acceptors (Lipinski definition) is 8. The molecule has 3 heterocycles. The highest BCUT2D eigenvalue weighted by atomic mass is 32.2. The van der Waals surface area contributed by atoms with E-state index in [4.69, 9.17) is 0 Å². The van der Waals surface area contributed by atoms with Gasteiger partial charge < -0.3 is 0 Å². The molecule has 0 spiro atoms. The fourth-order valence-electron chi connectivity index (χ4n) is 4.87. The van der Waals surface area contributed by atoms with E-state index in [0.29, 0.717) is 23.1 Å². The molecule has 42 heavy (non-hydrogen) atoms. The van der Waals surface area contributed by atoms with Gasteiger partial charge in [-0.25, -0.2) is 10.0 Å². The number of hydrogen-bond donors (Lipinski definition) is 2. The zero-order valence-electron chi connectivity index (χ0n) is 23.2. The minimum Gasteiger partial charge on any atom is -0.276 e. The minimum atomic E-state index is -0.626. The van der Waals surface area contributed by atoms with Crippen LogP contribution in [0.3, 0.4) is 0 Å². The number of thioether (sulfide) groups is 2. The molecule has 2 aliphatic heterocycles. The van der Waals surface area contributed by atoms with E-state index in [1.165, 1.54) is 0 Å². The molecule has 2 unspecified atom stereocenters. The maximum atomic E-state index is 13.0. The standard InChI is InChI=1S/C32H30N6O2S2/c1-31(19-17-23-11-5-3-6-12-23)37(27(39)21-41-31)35-29-25-15-9-10-16-26(25)30(34-33-29)36-38-28(40)22-42-32(38,2)20-18-24-13-7-4-8-14-24/h3-20H,21-22H2,1-2H3,(H,33,35)(H,34,36)/b19-17+,20-18+. The van der Waals surface area contributed by atoms with E-state index in [9.17, 15) is 9.59 Å². The first-order chi connectivity index (χ1) is 20.3. The molecule has 0 radical (unpaired) electrons. The van der Waals surface area contributed by atoms with Gasteiger partial charge in [0, 0.05) is 10.8 Å². The van der Waals surface area contributed by atoms with Crippen molar-refractivity contribution < 1.29 is 9.59 Å². The smallest absolute Gasteiger partial charge is 0.252 e. The number of hydrazine groups is 2. The molecule has 10 heteroatoms. The third kappa shape index (κ3) is 5.60. The summed E-state index contributed by atoms with van der Waals surface area (Å²) in [7, 11) is 0. The van der Waals surface area contributed by atoms with E-state index in [-0.39, 0.29) is 11.8 Å². The van der Waals surface area contributed by atoms with Crippen LogP contribution in [0.2, 0.25) is 0 Å². The van der Waals surface area contributed by atoms with E-state index in [1.807, 2.05) is 123 Å². The first-order valence-electron chi connectivity index (χ1n) is 13.6. The van der Waals surface area contributed by atoms with Crippen LogP contribution in [0, 0.1) is 0 Å². The van der Waals surface area contributed by atoms with Crippen molar-refractivity contribution in [1.29, 1.82) is 0 Å². The average molecular weight is 595 g/mol. The molecule has 2 N–H and O–H groups in total. The number of aromatic nitrogens is 2.